The van der Waals surface area contributed by atoms with Gasteiger partial charge in [-0.25, -0.2) is 0 Å². The lowest BCUT2D eigenvalue weighted by Crippen LogP contribution is -2.25. The van der Waals surface area contributed by atoms with Crippen molar-refractivity contribution in [3.05, 3.63) is 53.6 Å². The molecule has 1 saturated heterocycles. The van der Waals surface area contributed by atoms with Gasteiger partial charge in [-0.2, -0.15) is 0 Å². The molecule has 1 unspecified atom stereocenters. The van der Waals surface area contributed by atoms with E-state index < -0.39 is 12.0 Å². The maximum Gasteiger partial charge on any atom is 0.312 e. The first-order valence-electron chi connectivity index (χ1n) is 8.53. The molecule has 6 nitrogen and oxygen atoms in total. The summed E-state index contributed by atoms with van der Waals surface area (Å²) in [5.41, 5.74) is 1.69. The number of aliphatic hydroxyl groups is 1. The minimum Gasteiger partial charge on any atom is -0.497 e. The molecule has 1 N–H and O–H groups in total. The molecule has 0 bridgehead atoms. The highest BCUT2D eigenvalue weighted by molar-refractivity contribution is 5.75. The molecule has 0 aliphatic carbocycles. The van der Waals surface area contributed by atoms with Gasteiger partial charge in [0.25, 0.3) is 0 Å². The second-order valence-electron chi connectivity index (χ2n) is 6.53. The number of fused-ring (bicyclic) bond motifs is 1. The van der Waals surface area contributed by atoms with E-state index >= 15 is 0 Å². The summed E-state index contributed by atoms with van der Waals surface area (Å²) in [6.45, 7) is 0.522. The van der Waals surface area contributed by atoms with E-state index in [2.05, 4.69) is 0 Å². The fourth-order valence-electron chi connectivity index (χ4n) is 3.53. The SMILES string of the molecule is COc1ccc(C(O)[C@H]2C(=O)OC[C@@H]2Cc2ccc3c(c2)OCO3)cc1. The van der Waals surface area contributed by atoms with Gasteiger partial charge in [0.2, 0.25) is 6.79 Å². The highest BCUT2D eigenvalue weighted by Gasteiger charge is 2.42. The Hall–Kier alpha value is -2.73. The summed E-state index contributed by atoms with van der Waals surface area (Å²) in [6.07, 6.45) is -0.310. The lowest BCUT2D eigenvalue weighted by molar-refractivity contribution is -0.144. The first kappa shape index (κ1) is 16.7. The number of cyclic esters (lactones) is 1. The van der Waals surface area contributed by atoms with Gasteiger partial charge >= 0.3 is 5.97 Å². The molecule has 3 atom stereocenters. The Labute approximate surface area is 151 Å². The van der Waals surface area contributed by atoms with E-state index in [9.17, 15) is 9.90 Å². The first-order chi connectivity index (χ1) is 12.7. The van der Waals surface area contributed by atoms with Crippen molar-refractivity contribution >= 4 is 5.97 Å². The third kappa shape index (κ3) is 3.08. The van der Waals surface area contributed by atoms with E-state index in [4.69, 9.17) is 18.9 Å². The van der Waals surface area contributed by atoms with Crippen LogP contribution in [0.1, 0.15) is 17.2 Å². The minimum absolute atomic E-state index is 0.111. The molecule has 0 spiro atoms. The number of hydrogen-bond acceptors (Lipinski definition) is 6. The topological polar surface area (TPSA) is 74.2 Å². The molecule has 2 aromatic rings. The molecule has 26 heavy (non-hydrogen) atoms. The number of methoxy groups -OCH3 is 1. The molecule has 2 aliphatic rings. The Bertz CT molecular complexity index is 800. The Morgan fingerprint density at radius 2 is 1.88 bits per heavy atom. The summed E-state index contributed by atoms with van der Waals surface area (Å²) in [5, 5.41) is 10.8. The summed E-state index contributed by atoms with van der Waals surface area (Å²) < 4.78 is 21.1. The summed E-state index contributed by atoms with van der Waals surface area (Å²) in [7, 11) is 1.58. The molecule has 2 heterocycles. The number of carbonyl (C=O) groups is 1. The Morgan fingerprint density at radius 3 is 2.65 bits per heavy atom. The number of carbonyl (C=O) groups excluding carboxylic acids is 1. The number of ether oxygens (including phenoxy) is 4. The summed E-state index contributed by atoms with van der Waals surface area (Å²) >= 11 is 0. The summed E-state index contributed by atoms with van der Waals surface area (Å²) in [4.78, 5) is 12.2. The van der Waals surface area contributed by atoms with Gasteiger partial charge < -0.3 is 24.1 Å². The van der Waals surface area contributed by atoms with Crippen LogP contribution in [0.3, 0.4) is 0 Å². The molecule has 0 amide bonds. The smallest absolute Gasteiger partial charge is 0.312 e. The van der Waals surface area contributed by atoms with Crippen molar-refractivity contribution in [2.45, 2.75) is 12.5 Å². The Morgan fingerprint density at radius 1 is 1.12 bits per heavy atom. The normalized spacial score (nSPS) is 22.2. The van der Waals surface area contributed by atoms with Gasteiger partial charge in [0.05, 0.1) is 25.7 Å². The number of aliphatic hydroxyl groups excluding tert-OH is 1. The van der Waals surface area contributed by atoms with E-state index in [0.717, 1.165) is 11.3 Å². The van der Waals surface area contributed by atoms with Crippen molar-refractivity contribution in [3.63, 3.8) is 0 Å². The van der Waals surface area contributed by atoms with Crippen LogP contribution in [0.25, 0.3) is 0 Å². The van der Waals surface area contributed by atoms with E-state index in [1.807, 2.05) is 18.2 Å². The van der Waals surface area contributed by atoms with Gasteiger partial charge in [0.1, 0.15) is 5.75 Å². The number of rotatable bonds is 5. The van der Waals surface area contributed by atoms with E-state index in [0.29, 0.717) is 30.1 Å². The molecule has 0 aromatic heterocycles. The Balaban J connectivity index is 1.52. The lowest BCUT2D eigenvalue weighted by atomic mass is 9.83. The molecular formula is C20H20O6. The molecule has 1 fully saturated rings. The van der Waals surface area contributed by atoms with E-state index in [1.165, 1.54) is 0 Å². The predicted molar refractivity (Wildman–Crippen MR) is 92.2 cm³/mol. The average Bonchev–Trinajstić information content (AvgIpc) is 3.27. The summed E-state index contributed by atoms with van der Waals surface area (Å²) in [6, 6.07) is 12.8. The number of benzene rings is 2. The van der Waals surface area contributed by atoms with Gasteiger partial charge in [-0.15, -0.1) is 0 Å². The van der Waals surface area contributed by atoms with Crippen LogP contribution in [0.15, 0.2) is 42.5 Å². The number of esters is 1. The molecule has 0 saturated carbocycles. The van der Waals surface area contributed by atoms with Crippen LogP contribution in [0.2, 0.25) is 0 Å². The van der Waals surface area contributed by atoms with Gasteiger partial charge in [-0.05, 0) is 41.8 Å². The monoisotopic (exact) mass is 356 g/mol. The van der Waals surface area contributed by atoms with Crippen LogP contribution < -0.4 is 14.2 Å². The Kier molecular flexibility index (Phi) is 4.42. The third-order valence-corrected chi connectivity index (χ3v) is 4.95. The number of hydrogen-bond donors (Lipinski definition) is 1. The fraction of sp³-hybridized carbons (Fsp3) is 0.350. The second-order valence-corrected chi connectivity index (χ2v) is 6.53. The van der Waals surface area contributed by atoms with Crippen molar-refractivity contribution in [1.82, 2.24) is 0 Å². The molecular weight excluding hydrogens is 336 g/mol. The lowest BCUT2D eigenvalue weighted by Gasteiger charge is -2.21. The van der Waals surface area contributed by atoms with Gasteiger partial charge in [-0.3, -0.25) is 4.79 Å². The standard InChI is InChI=1S/C20H20O6/c1-23-15-5-3-13(4-6-15)19(21)18-14(10-24-20(18)22)8-12-2-7-16-17(9-12)26-11-25-16/h2-7,9,14,18-19,21H,8,10-11H2,1H3/t14-,18-,19?/m0/s1. The van der Waals surface area contributed by atoms with Crippen LogP contribution in [-0.4, -0.2) is 31.6 Å². The predicted octanol–water partition coefficient (Wildman–Crippen LogP) is 2.49. The molecule has 4 rings (SSSR count). The molecule has 6 heteroatoms. The van der Waals surface area contributed by atoms with E-state index in [1.54, 1.807) is 31.4 Å². The van der Waals surface area contributed by atoms with Crippen LogP contribution in [-0.2, 0) is 16.0 Å². The molecule has 136 valence electrons. The first-order valence-corrected chi connectivity index (χ1v) is 8.53. The molecule has 0 radical (unpaired) electrons. The zero-order valence-corrected chi connectivity index (χ0v) is 14.4. The van der Waals surface area contributed by atoms with E-state index in [-0.39, 0.29) is 18.7 Å². The largest absolute Gasteiger partial charge is 0.497 e. The van der Waals surface area contributed by atoms with Crippen LogP contribution in [0.5, 0.6) is 17.2 Å². The second kappa shape index (κ2) is 6.88. The van der Waals surface area contributed by atoms with Gasteiger partial charge in [0, 0.05) is 5.92 Å². The zero-order chi connectivity index (χ0) is 18.1. The zero-order valence-electron chi connectivity index (χ0n) is 14.4. The minimum atomic E-state index is -0.921. The fourth-order valence-corrected chi connectivity index (χ4v) is 3.53. The maximum absolute atomic E-state index is 12.2. The quantitative estimate of drug-likeness (QED) is 0.830. The third-order valence-electron chi connectivity index (χ3n) is 4.95. The van der Waals surface area contributed by atoms with Crippen molar-refractivity contribution < 1.29 is 28.8 Å². The highest BCUT2D eigenvalue weighted by Crippen LogP contribution is 2.38. The highest BCUT2D eigenvalue weighted by atomic mass is 16.7. The molecule has 2 aromatic carbocycles. The van der Waals surface area contributed by atoms with Gasteiger partial charge in [-0.1, -0.05) is 18.2 Å². The van der Waals surface area contributed by atoms with Crippen molar-refractivity contribution in [1.29, 1.82) is 0 Å². The average molecular weight is 356 g/mol. The maximum atomic E-state index is 12.2. The van der Waals surface area contributed by atoms with Crippen molar-refractivity contribution in [2.24, 2.45) is 11.8 Å². The molecule has 2 aliphatic heterocycles. The van der Waals surface area contributed by atoms with Crippen molar-refractivity contribution in [3.8, 4) is 17.2 Å². The van der Waals surface area contributed by atoms with Crippen LogP contribution in [0, 0.1) is 11.8 Å². The van der Waals surface area contributed by atoms with Crippen LogP contribution >= 0.6 is 0 Å². The van der Waals surface area contributed by atoms with Crippen LogP contribution in [0.4, 0.5) is 0 Å². The van der Waals surface area contributed by atoms with Gasteiger partial charge in [0.15, 0.2) is 11.5 Å². The summed E-state index contributed by atoms with van der Waals surface area (Å²) in [5.74, 6) is 1.06. The van der Waals surface area contributed by atoms with Crippen molar-refractivity contribution in [2.75, 3.05) is 20.5 Å².